The van der Waals surface area contributed by atoms with E-state index in [2.05, 4.69) is 9.05 Å². The maximum absolute atomic E-state index is 14.0. The minimum absolute atomic E-state index is 2.76. The molecule has 0 fully saturated rings. The molecule has 0 aromatic rings. The van der Waals surface area contributed by atoms with Crippen LogP contribution < -0.4 is 4.89 Å². The van der Waals surface area contributed by atoms with Crippen molar-refractivity contribution in [1.82, 2.24) is 0 Å². The van der Waals surface area contributed by atoms with Crippen molar-refractivity contribution in [1.29, 1.82) is 0 Å². The number of hydrogen-bond donors (Lipinski definition) is 0. The smallest absolute Gasteiger partial charge is 0.438 e. The van der Waals surface area contributed by atoms with Crippen LogP contribution in [0.15, 0.2) is 0 Å². The molecule has 51 heteroatoms. The fraction of sp³-hybridized carbons (Fsp3) is 1.00. The van der Waals surface area contributed by atoms with E-state index in [0.29, 0.717) is 0 Å². The molecule has 0 unspecified atom stereocenters. The van der Waals surface area contributed by atoms with Gasteiger partial charge < -0.3 is 13.9 Å². The predicted octanol–water partition coefficient (Wildman–Crippen LogP) is 15.1. The van der Waals surface area contributed by atoms with E-state index < -0.39 is 165 Å². The summed E-state index contributed by atoms with van der Waals surface area (Å²) in [6.45, 7) is -7.04. The van der Waals surface area contributed by atoms with Gasteiger partial charge in [0.15, 0.2) is 0 Å². The lowest BCUT2D eigenvalue weighted by Crippen LogP contribution is -2.79. The number of rotatable bonds is 24. The van der Waals surface area contributed by atoms with Gasteiger partial charge in [-0.05, 0) is 0 Å². The van der Waals surface area contributed by atoms with Crippen molar-refractivity contribution in [3.8, 4) is 0 Å². The molecule has 0 aromatic carbocycles. The van der Waals surface area contributed by atoms with Crippen LogP contribution in [0.4, 0.5) is 202 Å². The van der Waals surface area contributed by atoms with Crippen LogP contribution in [-0.2, 0) is 13.6 Å². The number of phosphoric acid groups is 1. The second-order valence-corrected chi connectivity index (χ2v) is 15.8. The zero-order chi connectivity index (χ0) is 63.7. The first-order chi connectivity index (χ1) is 32.4. The lowest BCUT2D eigenvalue weighted by molar-refractivity contribution is -0.481. The van der Waals surface area contributed by atoms with Crippen molar-refractivity contribution in [2.75, 3.05) is 13.2 Å². The van der Waals surface area contributed by atoms with Crippen LogP contribution in [0.5, 0.6) is 0 Å². The Morgan fingerprint density at radius 3 is 0.506 bits per heavy atom. The summed E-state index contributed by atoms with van der Waals surface area (Å²) in [5, 5.41) is 0. The second kappa shape index (κ2) is 19.0. The Balaban J connectivity index is 6.85. The van der Waals surface area contributed by atoms with Crippen molar-refractivity contribution in [2.45, 2.75) is 144 Å². The fourth-order valence-electron chi connectivity index (χ4n) is 4.82. The maximum atomic E-state index is 14.0. The summed E-state index contributed by atoms with van der Waals surface area (Å²) < 4.78 is 640. The normalized spacial score (nSPS) is 17.1. The summed E-state index contributed by atoms with van der Waals surface area (Å²) in [7, 11) is -7.56. The molecule has 77 heavy (non-hydrogen) atoms. The number of halogens is 46. The molecule has 0 rings (SSSR count). The first kappa shape index (κ1) is 73.9. The molecule has 0 atom stereocenters. The summed E-state index contributed by atoms with van der Waals surface area (Å²) in [6, 6.07) is 0. The molecule has 0 bridgehead atoms. The van der Waals surface area contributed by atoms with Gasteiger partial charge in [-0.25, -0.2) is 8.78 Å². The van der Waals surface area contributed by atoms with Gasteiger partial charge in [-0.1, -0.05) is 0 Å². The third-order valence-electron chi connectivity index (χ3n) is 9.41. The molecule has 0 aliphatic heterocycles. The Kier molecular flexibility index (Phi) is 18.2. The quantitative estimate of drug-likeness (QED) is 0.0714. The molecule has 464 valence electrons. The number of phosphoric ester groups is 1. The van der Waals surface area contributed by atoms with E-state index in [0.717, 1.165) is 0 Å². The van der Waals surface area contributed by atoms with Crippen molar-refractivity contribution in [3.63, 3.8) is 0 Å². The van der Waals surface area contributed by atoms with Gasteiger partial charge in [-0.2, -0.15) is 193 Å². The van der Waals surface area contributed by atoms with Gasteiger partial charge in [0.2, 0.25) is 0 Å². The summed E-state index contributed by atoms with van der Waals surface area (Å²) in [6.07, 6.45) is -43.7. The first-order valence-electron chi connectivity index (χ1n) is 16.7. The standard InChI is InChI=1S/C26H9F46O4P/c27-5(28,9(33,34)13(41,42)17(49,50)21(57,58)19(53,54)15(45,46)11(37,38)7(31,23(61,62)63)24(64,65)66)1-3-75-77(73,74)76-4-2-6(29,30)10(35,36)14(43,44)18(51,52)22(59,60)20(55,56)16(47,48)12(39,40)8(32,25(67,68)69)26(70,71)72/h1-4H2,(H,73,74)/p-1. The average molecular weight is 1290 g/mol. The van der Waals surface area contributed by atoms with Gasteiger partial charge in [0.05, 0.1) is 13.2 Å². The number of hydrogen-bond acceptors (Lipinski definition) is 4. The molecule has 4 nitrogen and oxygen atoms in total. The Bertz CT molecular complexity index is 1950. The highest BCUT2D eigenvalue weighted by molar-refractivity contribution is 7.45. The molecular formula is C26H8F46O4P-. The Hall–Kier alpha value is -3.11. The lowest BCUT2D eigenvalue weighted by atomic mass is 9.82. The monoisotopic (exact) mass is 1290 g/mol. The SMILES string of the molecule is O=P([O-])(OCCC(F)(F)C(F)(F)C(F)(F)C(F)(F)C(F)(F)C(F)(F)C(F)(F)C(F)(F)C(F)(C(F)(F)F)C(F)(F)F)OCCC(F)(F)C(F)(F)C(F)(F)C(F)(F)C(F)(F)C(F)(F)C(F)(F)C(F)(F)C(F)(C(F)(F)F)C(F)(F)F. The topological polar surface area (TPSA) is 58.6 Å². The Morgan fingerprint density at radius 2 is 0.364 bits per heavy atom. The van der Waals surface area contributed by atoms with E-state index in [9.17, 15) is 211 Å². The molecule has 0 aliphatic carbocycles. The molecule has 0 amide bonds. The first-order valence-corrected chi connectivity index (χ1v) is 18.2. The summed E-state index contributed by atoms with van der Waals surface area (Å²) >= 11 is 0. The van der Waals surface area contributed by atoms with Crippen molar-refractivity contribution in [2.24, 2.45) is 0 Å². The van der Waals surface area contributed by atoms with Gasteiger partial charge in [0.25, 0.3) is 7.82 Å². The molecule has 0 saturated carbocycles. The summed E-state index contributed by atoms with van der Waals surface area (Å²) in [5.74, 6) is -151. The van der Waals surface area contributed by atoms with Crippen LogP contribution >= 0.6 is 7.82 Å². The number of alkyl halides is 46. The second-order valence-electron chi connectivity index (χ2n) is 14.4. The average Bonchev–Trinajstić information content (AvgIpc) is 3.16. The minimum Gasteiger partial charge on any atom is -0.756 e. The van der Waals surface area contributed by atoms with Crippen LogP contribution in [0, 0.1) is 0 Å². The van der Waals surface area contributed by atoms with E-state index in [1.54, 1.807) is 0 Å². The Morgan fingerprint density at radius 1 is 0.234 bits per heavy atom. The van der Waals surface area contributed by atoms with Crippen LogP contribution in [0.1, 0.15) is 12.8 Å². The fourth-order valence-corrected chi connectivity index (χ4v) is 5.52. The summed E-state index contributed by atoms with van der Waals surface area (Å²) in [4.78, 5) is 11.5. The molecule has 0 radical (unpaired) electrons. The highest BCUT2D eigenvalue weighted by Crippen LogP contribution is 2.70. The highest BCUT2D eigenvalue weighted by Gasteiger charge is 3.02. The van der Waals surface area contributed by atoms with Gasteiger partial charge in [0.1, 0.15) is 0 Å². The lowest BCUT2D eigenvalue weighted by Gasteiger charge is -2.46. The highest BCUT2D eigenvalue weighted by atomic mass is 31.2. The Labute approximate surface area is 386 Å². The van der Waals surface area contributed by atoms with Crippen LogP contribution in [0.3, 0.4) is 0 Å². The van der Waals surface area contributed by atoms with Crippen molar-refractivity contribution in [3.05, 3.63) is 0 Å². The zero-order valence-electron chi connectivity index (χ0n) is 33.3. The third-order valence-corrected chi connectivity index (χ3v) is 10.4. The predicted molar refractivity (Wildman–Crippen MR) is 140 cm³/mol. The van der Waals surface area contributed by atoms with E-state index >= 15 is 0 Å². The zero-order valence-corrected chi connectivity index (χ0v) is 34.2. The summed E-state index contributed by atoms with van der Waals surface area (Å²) in [5.41, 5.74) is -18.8. The largest absolute Gasteiger partial charge is 0.756 e. The van der Waals surface area contributed by atoms with E-state index in [4.69, 9.17) is 0 Å². The van der Waals surface area contributed by atoms with Gasteiger partial charge in [-0.3, -0.25) is 4.57 Å². The maximum Gasteiger partial charge on any atom is 0.438 e. The van der Waals surface area contributed by atoms with E-state index in [-0.39, 0.29) is 0 Å². The van der Waals surface area contributed by atoms with Crippen molar-refractivity contribution >= 4 is 7.82 Å². The van der Waals surface area contributed by atoms with Crippen LogP contribution in [0.25, 0.3) is 0 Å². The molecule has 0 saturated heterocycles. The third kappa shape index (κ3) is 9.85. The van der Waals surface area contributed by atoms with Gasteiger partial charge >= 0.3 is 131 Å². The van der Waals surface area contributed by atoms with E-state index in [1.165, 1.54) is 0 Å². The molecule has 0 aromatic heterocycles. The van der Waals surface area contributed by atoms with Gasteiger partial charge in [0, 0.05) is 12.8 Å². The molecule has 0 heterocycles. The molecular weight excluding hydrogens is 1280 g/mol. The van der Waals surface area contributed by atoms with Crippen LogP contribution in [-0.4, -0.2) is 144 Å². The van der Waals surface area contributed by atoms with E-state index in [1.807, 2.05) is 0 Å². The van der Waals surface area contributed by atoms with Crippen molar-refractivity contribution < 1.29 is 220 Å². The minimum atomic E-state index is -9.96. The molecule has 0 spiro atoms. The van der Waals surface area contributed by atoms with Gasteiger partial charge in [-0.15, -0.1) is 0 Å². The van der Waals surface area contributed by atoms with Crippen LogP contribution in [0.2, 0.25) is 0 Å². The molecule has 0 N–H and O–H groups in total. The molecule has 0 aliphatic rings.